The third kappa shape index (κ3) is 6.63. The second-order valence-corrected chi connectivity index (χ2v) is 11.3. The molecule has 220 valence electrons. The third-order valence-corrected chi connectivity index (χ3v) is 9.02. The van der Waals surface area contributed by atoms with Crippen LogP contribution in [0.25, 0.3) is 0 Å². The molecule has 2 aromatic carbocycles. The molecule has 7 nitrogen and oxygen atoms in total. The van der Waals surface area contributed by atoms with Crippen molar-refractivity contribution >= 4 is 18.3 Å². The molecule has 40 heavy (non-hydrogen) atoms. The summed E-state index contributed by atoms with van der Waals surface area (Å²) in [5.74, 6) is 4.62. The molecule has 1 heterocycles. The van der Waals surface area contributed by atoms with E-state index < -0.39 is 0 Å². The van der Waals surface area contributed by atoms with Crippen LogP contribution in [0.1, 0.15) is 60.3 Å². The Labute approximate surface area is 245 Å². The van der Waals surface area contributed by atoms with Crippen molar-refractivity contribution in [2.75, 3.05) is 61.2 Å². The molecule has 8 heteroatoms. The van der Waals surface area contributed by atoms with Crippen molar-refractivity contribution in [3.8, 4) is 23.0 Å². The molecule has 1 aliphatic heterocycles. The van der Waals surface area contributed by atoms with E-state index in [0.717, 1.165) is 80.9 Å². The highest BCUT2D eigenvalue weighted by Gasteiger charge is 2.31. The van der Waals surface area contributed by atoms with Crippen LogP contribution in [0, 0.1) is 5.92 Å². The average Bonchev–Trinajstić information content (AvgIpc) is 3.37. The van der Waals surface area contributed by atoms with Crippen molar-refractivity contribution in [1.82, 2.24) is 9.80 Å². The van der Waals surface area contributed by atoms with Crippen LogP contribution in [0.4, 0.5) is 0 Å². The van der Waals surface area contributed by atoms with Crippen molar-refractivity contribution in [1.29, 1.82) is 0 Å². The number of fused-ring (bicyclic) bond motifs is 2. The minimum Gasteiger partial charge on any atom is -0.493 e. The number of ether oxygens (including phenoxy) is 4. The Kier molecular flexibility index (Phi) is 10.5. The molecular formula is C32H45ClN2O5. The molecule has 2 aromatic rings. The number of carbonyl (C=O) groups excluding carboxylic acids is 1. The molecule has 0 unspecified atom stereocenters. The van der Waals surface area contributed by atoms with Gasteiger partial charge in [-0.3, -0.25) is 4.79 Å². The topological polar surface area (TPSA) is 60.5 Å². The van der Waals surface area contributed by atoms with Crippen molar-refractivity contribution in [2.24, 2.45) is 5.92 Å². The fourth-order valence-electron chi connectivity index (χ4n) is 6.74. The van der Waals surface area contributed by atoms with E-state index in [1.54, 1.807) is 28.4 Å². The SMILES string of the molecule is COc1cc2c(cc1OC)CCN(C(=O)CCN(CC1CCCC1)C[C@H]1Cc3cc(OC)c(OC)cc31)CC2.Cl. The highest BCUT2D eigenvalue weighted by atomic mass is 35.5. The second-order valence-electron chi connectivity index (χ2n) is 11.3. The lowest BCUT2D eigenvalue weighted by molar-refractivity contribution is -0.131. The molecule has 2 aliphatic carbocycles. The predicted molar refractivity (Wildman–Crippen MR) is 160 cm³/mol. The minimum absolute atomic E-state index is 0. The van der Waals surface area contributed by atoms with Crippen LogP contribution in [0.2, 0.25) is 0 Å². The van der Waals surface area contributed by atoms with Crippen molar-refractivity contribution in [2.45, 2.75) is 57.3 Å². The fourth-order valence-corrected chi connectivity index (χ4v) is 6.74. The largest absolute Gasteiger partial charge is 0.493 e. The van der Waals surface area contributed by atoms with E-state index >= 15 is 0 Å². The summed E-state index contributed by atoms with van der Waals surface area (Å²) < 4.78 is 22.1. The van der Waals surface area contributed by atoms with Crippen LogP contribution < -0.4 is 18.9 Å². The highest BCUT2D eigenvalue weighted by molar-refractivity contribution is 5.85. The Balaban J connectivity index is 0.00000370. The van der Waals surface area contributed by atoms with Crippen LogP contribution in [0.5, 0.6) is 23.0 Å². The first-order chi connectivity index (χ1) is 19.0. The quantitative estimate of drug-likeness (QED) is 0.364. The van der Waals surface area contributed by atoms with Crippen molar-refractivity contribution in [3.63, 3.8) is 0 Å². The normalized spacial score (nSPS) is 18.2. The van der Waals surface area contributed by atoms with Crippen LogP contribution in [0.3, 0.4) is 0 Å². The summed E-state index contributed by atoms with van der Waals surface area (Å²) in [5, 5.41) is 0. The Morgan fingerprint density at radius 1 is 0.800 bits per heavy atom. The molecule has 0 spiro atoms. The molecule has 0 saturated heterocycles. The van der Waals surface area contributed by atoms with E-state index in [0.29, 0.717) is 12.3 Å². The number of hydrogen-bond acceptors (Lipinski definition) is 6. The summed E-state index contributed by atoms with van der Waals surface area (Å²) >= 11 is 0. The highest BCUT2D eigenvalue weighted by Crippen LogP contribution is 2.43. The van der Waals surface area contributed by atoms with E-state index in [-0.39, 0.29) is 18.3 Å². The van der Waals surface area contributed by atoms with Gasteiger partial charge in [0, 0.05) is 45.1 Å². The molecular weight excluding hydrogens is 528 g/mol. The van der Waals surface area contributed by atoms with Crippen molar-refractivity contribution in [3.05, 3.63) is 46.5 Å². The number of amides is 1. The average molecular weight is 573 g/mol. The Bertz CT molecular complexity index is 1130. The van der Waals surface area contributed by atoms with Gasteiger partial charge in [-0.1, -0.05) is 12.8 Å². The molecule has 0 aromatic heterocycles. The molecule has 1 fully saturated rings. The molecule has 0 bridgehead atoms. The van der Waals surface area contributed by atoms with Gasteiger partial charge >= 0.3 is 0 Å². The number of rotatable bonds is 11. The molecule has 5 rings (SSSR count). The third-order valence-electron chi connectivity index (χ3n) is 9.02. The summed E-state index contributed by atoms with van der Waals surface area (Å²) in [4.78, 5) is 18.1. The maximum Gasteiger partial charge on any atom is 0.223 e. The van der Waals surface area contributed by atoms with Crippen LogP contribution in [-0.4, -0.2) is 76.9 Å². The molecule has 3 aliphatic rings. The molecule has 0 N–H and O–H groups in total. The number of halogens is 1. The van der Waals surface area contributed by atoms with Gasteiger partial charge < -0.3 is 28.7 Å². The minimum atomic E-state index is 0. The predicted octanol–water partition coefficient (Wildman–Crippen LogP) is 5.29. The van der Waals surface area contributed by atoms with Crippen LogP contribution in [0.15, 0.2) is 24.3 Å². The first-order valence-corrected chi connectivity index (χ1v) is 14.5. The van der Waals surface area contributed by atoms with E-state index in [1.165, 1.54) is 47.9 Å². The van der Waals surface area contributed by atoms with Gasteiger partial charge in [-0.15, -0.1) is 12.4 Å². The summed E-state index contributed by atoms with van der Waals surface area (Å²) in [6.45, 7) is 4.41. The fraction of sp³-hybridized carbons (Fsp3) is 0.594. The van der Waals surface area contributed by atoms with Crippen LogP contribution >= 0.6 is 12.4 Å². The van der Waals surface area contributed by atoms with Gasteiger partial charge in [0.25, 0.3) is 0 Å². The monoisotopic (exact) mass is 572 g/mol. The number of methoxy groups -OCH3 is 4. The summed E-state index contributed by atoms with van der Waals surface area (Å²) in [5.41, 5.74) is 5.22. The molecule has 1 amide bonds. The van der Waals surface area contributed by atoms with Gasteiger partial charge in [-0.2, -0.15) is 0 Å². The maximum atomic E-state index is 13.4. The zero-order chi connectivity index (χ0) is 27.4. The lowest BCUT2D eigenvalue weighted by Crippen LogP contribution is -2.40. The van der Waals surface area contributed by atoms with E-state index in [4.69, 9.17) is 18.9 Å². The molecule has 0 radical (unpaired) electrons. The second kappa shape index (κ2) is 13.8. The maximum absolute atomic E-state index is 13.4. The standard InChI is InChI=1S/C32H44N2O5.ClH/c1-36-28-16-23-9-13-34(14-10-24(23)17-29(28)37-2)32(35)11-12-33(20-22-7-5-6-8-22)21-26-15-25-18-30(38-3)31(39-4)19-27(25)26;/h16-19,22,26H,5-15,20-21H2,1-4H3;1H/t26-;/m1./s1. The van der Waals surface area contributed by atoms with Crippen LogP contribution in [-0.2, 0) is 24.1 Å². The number of nitrogens with zero attached hydrogens (tertiary/aromatic N) is 2. The summed E-state index contributed by atoms with van der Waals surface area (Å²) in [6.07, 6.45) is 8.62. The van der Waals surface area contributed by atoms with Gasteiger partial charge in [0.2, 0.25) is 5.91 Å². The number of benzene rings is 2. The Hall–Kier alpha value is -2.64. The Morgan fingerprint density at radius 2 is 1.32 bits per heavy atom. The van der Waals surface area contributed by atoms with E-state index in [1.807, 2.05) is 0 Å². The lowest BCUT2D eigenvalue weighted by Gasteiger charge is -2.36. The summed E-state index contributed by atoms with van der Waals surface area (Å²) in [6, 6.07) is 8.43. The van der Waals surface area contributed by atoms with E-state index in [2.05, 4.69) is 34.1 Å². The van der Waals surface area contributed by atoms with E-state index in [9.17, 15) is 4.79 Å². The number of hydrogen-bond donors (Lipinski definition) is 0. The zero-order valence-corrected chi connectivity index (χ0v) is 25.3. The Morgan fingerprint density at radius 3 is 1.88 bits per heavy atom. The van der Waals surface area contributed by atoms with Gasteiger partial charge in [-0.05, 0) is 84.5 Å². The van der Waals surface area contributed by atoms with Gasteiger partial charge in [0.1, 0.15) is 0 Å². The smallest absolute Gasteiger partial charge is 0.223 e. The first-order valence-electron chi connectivity index (χ1n) is 14.5. The van der Waals surface area contributed by atoms with Gasteiger partial charge in [0.15, 0.2) is 23.0 Å². The van der Waals surface area contributed by atoms with Crippen molar-refractivity contribution < 1.29 is 23.7 Å². The lowest BCUT2D eigenvalue weighted by atomic mass is 9.77. The first kappa shape index (κ1) is 30.3. The molecule has 1 saturated carbocycles. The zero-order valence-electron chi connectivity index (χ0n) is 24.5. The summed E-state index contributed by atoms with van der Waals surface area (Å²) in [7, 11) is 6.73. The number of carbonyl (C=O) groups is 1. The molecule has 1 atom stereocenters. The van der Waals surface area contributed by atoms with Gasteiger partial charge in [0.05, 0.1) is 28.4 Å². The van der Waals surface area contributed by atoms with Gasteiger partial charge in [-0.25, -0.2) is 0 Å².